The van der Waals surface area contributed by atoms with Gasteiger partial charge in [-0.2, -0.15) is 0 Å². The zero-order valence-corrected chi connectivity index (χ0v) is 21.2. The topological polar surface area (TPSA) is 56.1 Å². The maximum absolute atomic E-state index is 14.6. The fourth-order valence-corrected chi connectivity index (χ4v) is 5.22. The zero-order valence-electron chi connectivity index (χ0n) is 19.6. The summed E-state index contributed by atoms with van der Waals surface area (Å²) < 4.78 is 53.2. The maximum atomic E-state index is 14.6. The lowest BCUT2D eigenvalue weighted by Crippen LogP contribution is -2.23. The van der Waals surface area contributed by atoms with Crippen molar-refractivity contribution in [3.63, 3.8) is 0 Å². The van der Waals surface area contributed by atoms with Gasteiger partial charge in [0.1, 0.15) is 11.6 Å². The monoisotopic (exact) mass is 535 g/mol. The second kappa shape index (κ2) is 9.57. The molecule has 37 heavy (non-hydrogen) atoms. The van der Waals surface area contributed by atoms with Crippen LogP contribution in [0.2, 0.25) is 5.02 Å². The van der Waals surface area contributed by atoms with Crippen molar-refractivity contribution in [3.8, 4) is 22.4 Å². The highest BCUT2D eigenvalue weighted by atomic mass is 35.5. The van der Waals surface area contributed by atoms with Gasteiger partial charge in [0.05, 0.1) is 27.5 Å². The van der Waals surface area contributed by atoms with E-state index in [1.54, 1.807) is 42.5 Å². The Morgan fingerprint density at radius 2 is 1.51 bits per heavy atom. The Morgan fingerprint density at radius 3 is 2.22 bits per heavy atom. The van der Waals surface area contributed by atoms with E-state index in [-0.39, 0.29) is 22.0 Å². The lowest BCUT2D eigenvalue weighted by atomic mass is 10.00. The normalized spacial score (nSPS) is 11.7. The van der Waals surface area contributed by atoms with E-state index >= 15 is 0 Å². The number of benzene rings is 4. The Balaban J connectivity index is 1.69. The molecule has 0 N–H and O–H groups in total. The molecular weight excluding hydrogens is 516 g/mol. The third-order valence-corrected chi connectivity index (χ3v) is 7.65. The lowest BCUT2D eigenvalue weighted by molar-refractivity contribution is 0.565. The van der Waals surface area contributed by atoms with Crippen LogP contribution in [0.5, 0.6) is 0 Å². The molecule has 0 fully saturated rings. The van der Waals surface area contributed by atoms with Gasteiger partial charge in [-0.1, -0.05) is 60.1 Å². The van der Waals surface area contributed by atoms with E-state index < -0.39 is 27.0 Å². The molecule has 0 bridgehead atoms. The van der Waals surface area contributed by atoms with Crippen LogP contribution in [0.15, 0.2) is 101 Å². The molecule has 4 aromatic carbocycles. The number of hydrogen-bond donors (Lipinski definition) is 0. The van der Waals surface area contributed by atoms with Gasteiger partial charge in [-0.3, -0.25) is 4.79 Å². The highest BCUT2D eigenvalue weighted by Gasteiger charge is 2.16. The number of pyridine rings is 1. The minimum Gasteiger partial charge on any atom is -0.303 e. The van der Waals surface area contributed by atoms with Gasteiger partial charge in [-0.25, -0.2) is 17.2 Å². The SMILES string of the molecule is CS(=O)(=O)c1ccc(-c2cccc(-c3cc4cccc(Cl)c4c(=O)n3Cc3ccc(F)cc3F)c2)cc1. The molecule has 0 saturated heterocycles. The molecule has 1 aromatic heterocycles. The number of sulfone groups is 1. The summed E-state index contributed by atoms with van der Waals surface area (Å²) in [6.45, 7) is -0.130. The van der Waals surface area contributed by atoms with Gasteiger partial charge in [0.2, 0.25) is 0 Å². The van der Waals surface area contributed by atoms with Crippen LogP contribution in [0.3, 0.4) is 0 Å². The van der Waals surface area contributed by atoms with Crippen LogP contribution in [0, 0.1) is 11.6 Å². The molecule has 0 saturated carbocycles. The van der Waals surface area contributed by atoms with Crippen molar-refractivity contribution < 1.29 is 17.2 Å². The minimum atomic E-state index is -3.33. The predicted molar refractivity (Wildman–Crippen MR) is 143 cm³/mol. The van der Waals surface area contributed by atoms with Crippen LogP contribution in [0.4, 0.5) is 8.78 Å². The van der Waals surface area contributed by atoms with Gasteiger partial charge in [-0.15, -0.1) is 0 Å². The summed E-state index contributed by atoms with van der Waals surface area (Å²) in [4.78, 5) is 13.9. The molecule has 0 aliphatic heterocycles. The number of fused-ring (bicyclic) bond motifs is 1. The van der Waals surface area contributed by atoms with E-state index in [0.29, 0.717) is 22.0 Å². The summed E-state index contributed by atoms with van der Waals surface area (Å²) in [6, 6.07) is 24.1. The molecule has 0 atom stereocenters. The van der Waals surface area contributed by atoms with Gasteiger partial charge < -0.3 is 4.57 Å². The number of hydrogen-bond acceptors (Lipinski definition) is 3. The van der Waals surface area contributed by atoms with Crippen LogP contribution < -0.4 is 5.56 Å². The first-order valence-corrected chi connectivity index (χ1v) is 13.6. The quantitative estimate of drug-likeness (QED) is 0.251. The first-order chi connectivity index (χ1) is 17.6. The number of halogens is 3. The largest absolute Gasteiger partial charge is 0.303 e. The second-order valence-electron chi connectivity index (χ2n) is 8.74. The summed E-state index contributed by atoms with van der Waals surface area (Å²) in [5.41, 5.74) is 2.56. The van der Waals surface area contributed by atoms with E-state index in [2.05, 4.69) is 0 Å². The lowest BCUT2D eigenvalue weighted by Gasteiger charge is -2.17. The Bertz CT molecular complexity index is 1830. The molecule has 5 rings (SSSR count). The first-order valence-electron chi connectivity index (χ1n) is 11.3. The molecule has 5 aromatic rings. The Morgan fingerprint density at radius 1 is 0.811 bits per heavy atom. The minimum absolute atomic E-state index is 0.130. The summed E-state index contributed by atoms with van der Waals surface area (Å²) in [5.74, 6) is -1.46. The van der Waals surface area contributed by atoms with Crippen molar-refractivity contribution >= 4 is 32.2 Å². The zero-order chi connectivity index (χ0) is 26.3. The summed E-state index contributed by atoms with van der Waals surface area (Å²) in [7, 11) is -3.33. The molecule has 0 aliphatic carbocycles. The van der Waals surface area contributed by atoms with Crippen LogP contribution in [-0.4, -0.2) is 19.2 Å². The summed E-state index contributed by atoms with van der Waals surface area (Å²) in [5, 5.41) is 1.22. The molecule has 186 valence electrons. The van der Waals surface area contributed by atoms with Gasteiger partial charge >= 0.3 is 0 Å². The Hall–Kier alpha value is -3.81. The predicted octanol–water partition coefficient (Wildman–Crippen LogP) is 6.72. The van der Waals surface area contributed by atoms with Gasteiger partial charge in [0.15, 0.2) is 9.84 Å². The van der Waals surface area contributed by atoms with Crippen LogP contribution in [-0.2, 0) is 16.4 Å². The van der Waals surface area contributed by atoms with Gasteiger partial charge in [0.25, 0.3) is 5.56 Å². The first kappa shape index (κ1) is 24.9. The Labute approximate surface area is 217 Å². The molecule has 8 heteroatoms. The van der Waals surface area contributed by atoms with Crippen molar-refractivity contribution in [3.05, 3.63) is 124 Å². The van der Waals surface area contributed by atoms with E-state index in [0.717, 1.165) is 29.5 Å². The molecule has 0 spiro atoms. The molecular formula is C29H20ClF2NO3S. The molecule has 1 heterocycles. The van der Waals surface area contributed by atoms with E-state index in [4.69, 9.17) is 11.6 Å². The van der Waals surface area contributed by atoms with Crippen molar-refractivity contribution in [1.82, 2.24) is 4.57 Å². The average molecular weight is 536 g/mol. The van der Waals surface area contributed by atoms with Crippen molar-refractivity contribution in [2.75, 3.05) is 6.26 Å². The highest BCUT2D eigenvalue weighted by Crippen LogP contribution is 2.30. The number of aromatic nitrogens is 1. The standard InChI is InChI=1S/C29H20ClF2NO3S/c1-37(35,36)24-12-9-18(10-13-24)19-4-2-5-20(14-19)27-15-21-6-3-7-25(30)28(21)29(34)33(27)17-22-8-11-23(31)16-26(22)32/h2-16H,17H2,1H3. The van der Waals surface area contributed by atoms with E-state index in [1.807, 2.05) is 30.3 Å². The van der Waals surface area contributed by atoms with Crippen molar-refractivity contribution in [2.24, 2.45) is 0 Å². The highest BCUT2D eigenvalue weighted by molar-refractivity contribution is 7.90. The van der Waals surface area contributed by atoms with Crippen molar-refractivity contribution in [1.29, 1.82) is 0 Å². The van der Waals surface area contributed by atoms with Crippen molar-refractivity contribution in [2.45, 2.75) is 11.4 Å². The fourth-order valence-electron chi connectivity index (χ4n) is 4.33. The third kappa shape index (κ3) is 4.92. The van der Waals surface area contributed by atoms with Gasteiger partial charge in [-0.05, 0) is 58.5 Å². The maximum Gasteiger partial charge on any atom is 0.260 e. The van der Waals surface area contributed by atoms with E-state index in [1.165, 1.54) is 10.6 Å². The molecule has 0 aliphatic rings. The number of rotatable bonds is 5. The van der Waals surface area contributed by atoms with Crippen LogP contribution >= 0.6 is 11.6 Å². The molecule has 0 amide bonds. The van der Waals surface area contributed by atoms with E-state index in [9.17, 15) is 22.0 Å². The van der Waals surface area contributed by atoms with Crippen LogP contribution in [0.1, 0.15) is 5.56 Å². The third-order valence-electron chi connectivity index (χ3n) is 6.21. The van der Waals surface area contributed by atoms with Crippen LogP contribution in [0.25, 0.3) is 33.2 Å². The average Bonchev–Trinajstić information content (AvgIpc) is 2.86. The number of nitrogens with zero attached hydrogens (tertiary/aromatic N) is 1. The van der Waals surface area contributed by atoms with Gasteiger partial charge in [0, 0.05) is 17.9 Å². The smallest absolute Gasteiger partial charge is 0.260 e. The Kier molecular flexibility index (Phi) is 6.43. The molecule has 4 nitrogen and oxygen atoms in total. The molecule has 0 unspecified atom stereocenters. The fraction of sp³-hybridized carbons (Fsp3) is 0.0690. The summed E-state index contributed by atoms with van der Waals surface area (Å²) >= 11 is 6.36. The summed E-state index contributed by atoms with van der Waals surface area (Å²) in [6.07, 6.45) is 1.15. The second-order valence-corrected chi connectivity index (χ2v) is 11.2. The molecule has 0 radical (unpaired) electrons.